The first-order chi connectivity index (χ1) is 13.9. The Morgan fingerprint density at radius 2 is 1.90 bits per heavy atom. The molecule has 0 radical (unpaired) electrons. The number of fused-ring (bicyclic) bond motifs is 3. The zero-order valence-corrected chi connectivity index (χ0v) is 18.2. The van der Waals surface area contributed by atoms with Crippen LogP contribution in [0.25, 0.3) is 10.9 Å². The van der Waals surface area contributed by atoms with Crippen molar-refractivity contribution in [2.24, 2.45) is 0 Å². The molecule has 0 spiro atoms. The van der Waals surface area contributed by atoms with Crippen molar-refractivity contribution in [1.29, 1.82) is 0 Å². The average Bonchev–Trinajstić information content (AvgIpc) is 2.85. The van der Waals surface area contributed by atoms with Gasteiger partial charge in [-0.2, -0.15) is 0 Å². The molecule has 1 aliphatic rings. The van der Waals surface area contributed by atoms with Gasteiger partial charge in [0.1, 0.15) is 6.54 Å². The molecule has 2 N–H and O–H groups in total. The minimum atomic E-state index is -0.0473. The van der Waals surface area contributed by atoms with Crippen LogP contribution in [-0.4, -0.2) is 23.6 Å². The van der Waals surface area contributed by atoms with Crippen molar-refractivity contribution in [3.8, 4) is 0 Å². The average molecular weight is 430 g/mol. The Hall–Kier alpha value is -2.01. The van der Waals surface area contributed by atoms with E-state index in [-0.39, 0.29) is 12.5 Å². The van der Waals surface area contributed by atoms with Gasteiger partial charge in [0.05, 0.1) is 15.6 Å². The van der Waals surface area contributed by atoms with Gasteiger partial charge in [-0.25, -0.2) is 0 Å². The molecule has 0 bridgehead atoms. The van der Waals surface area contributed by atoms with Crippen LogP contribution in [0.4, 0.5) is 5.69 Å². The van der Waals surface area contributed by atoms with Gasteiger partial charge < -0.3 is 15.2 Å². The first kappa shape index (κ1) is 20.3. The van der Waals surface area contributed by atoms with Gasteiger partial charge in [-0.1, -0.05) is 49.2 Å². The van der Waals surface area contributed by atoms with Crippen molar-refractivity contribution in [3.05, 3.63) is 63.3 Å². The summed E-state index contributed by atoms with van der Waals surface area (Å²) < 4.78 is 2.10. The fourth-order valence-corrected chi connectivity index (χ4v) is 4.40. The third-order valence-corrected chi connectivity index (χ3v) is 6.28. The largest absolute Gasteiger partial charge is 0.335 e. The molecule has 1 amide bonds. The number of hydrogen-bond donors (Lipinski definition) is 2. The standard InChI is InChI=1S/C23H25Cl2N3O/c1-14(2)15-4-3-5-16(10-15)27-23(29)13-28-21-7-9-26-8-6-17(21)18-11-19(24)20(25)12-22(18)28/h3-5,10-12,14,26H,6-9,13H2,1-2H3,(H,27,29). The van der Waals surface area contributed by atoms with Gasteiger partial charge >= 0.3 is 0 Å². The van der Waals surface area contributed by atoms with Crippen LogP contribution in [-0.2, 0) is 24.2 Å². The van der Waals surface area contributed by atoms with E-state index in [1.54, 1.807) is 0 Å². The monoisotopic (exact) mass is 429 g/mol. The maximum absolute atomic E-state index is 12.9. The van der Waals surface area contributed by atoms with Crippen LogP contribution in [0, 0.1) is 0 Å². The Labute approximate surface area is 181 Å². The second kappa shape index (κ2) is 8.39. The predicted octanol–water partition coefficient (Wildman–Crippen LogP) is 5.40. The van der Waals surface area contributed by atoms with Gasteiger partial charge in [-0.3, -0.25) is 4.79 Å². The first-order valence-corrected chi connectivity index (χ1v) is 10.8. The summed E-state index contributed by atoms with van der Waals surface area (Å²) in [6, 6.07) is 11.8. The van der Waals surface area contributed by atoms with Crippen molar-refractivity contribution < 1.29 is 4.79 Å². The summed E-state index contributed by atoms with van der Waals surface area (Å²) >= 11 is 12.6. The smallest absolute Gasteiger partial charge is 0.244 e. The molecular weight excluding hydrogens is 405 g/mol. The van der Waals surface area contributed by atoms with Crippen LogP contribution < -0.4 is 10.6 Å². The highest BCUT2D eigenvalue weighted by Crippen LogP contribution is 2.34. The molecule has 2 aromatic carbocycles. The van der Waals surface area contributed by atoms with Gasteiger partial charge in [-0.05, 0) is 54.3 Å². The molecule has 29 heavy (non-hydrogen) atoms. The molecule has 6 heteroatoms. The quantitative estimate of drug-likeness (QED) is 0.582. The Morgan fingerprint density at radius 1 is 1.14 bits per heavy atom. The van der Waals surface area contributed by atoms with E-state index in [0.29, 0.717) is 16.0 Å². The van der Waals surface area contributed by atoms with Crippen LogP contribution in [0.1, 0.15) is 36.6 Å². The highest BCUT2D eigenvalue weighted by Gasteiger charge is 2.21. The van der Waals surface area contributed by atoms with Gasteiger partial charge in [0, 0.05) is 29.7 Å². The number of benzene rings is 2. The predicted molar refractivity (Wildman–Crippen MR) is 121 cm³/mol. The molecule has 152 valence electrons. The molecular formula is C23H25Cl2N3O. The molecule has 0 fully saturated rings. The number of nitrogens with zero attached hydrogens (tertiary/aromatic N) is 1. The summed E-state index contributed by atoms with van der Waals surface area (Å²) in [6.07, 6.45) is 1.78. The van der Waals surface area contributed by atoms with E-state index in [0.717, 1.165) is 42.5 Å². The van der Waals surface area contributed by atoms with Crippen molar-refractivity contribution in [2.75, 3.05) is 18.4 Å². The molecule has 0 atom stereocenters. The van der Waals surface area contributed by atoms with E-state index in [4.69, 9.17) is 23.2 Å². The fourth-order valence-electron chi connectivity index (χ4n) is 4.08. The molecule has 4 nitrogen and oxygen atoms in total. The van der Waals surface area contributed by atoms with Crippen LogP contribution in [0.5, 0.6) is 0 Å². The van der Waals surface area contributed by atoms with E-state index in [9.17, 15) is 4.79 Å². The highest BCUT2D eigenvalue weighted by molar-refractivity contribution is 6.42. The van der Waals surface area contributed by atoms with Gasteiger partial charge in [0.25, 0.3) is 0 Å². The molecule has 0 saturated heterocycles. The molecule has 2 heterocycles. The molecule has 4 rings (SSSR count). The summed E-state index contributed by atoms with van der Waals surface area (Å²) in [4.78, 5) is 12.9. The van der Waals surface area contributed by atoms with Gasteiger partial charge in [0.15, 0.2) is 0 Å². The molecule has 0 unspecified atom stereocenters. The van der Waals surface area contributed by atoms with Crippen LogP contribution >= 0.6 is 23.2 Å². The lowest BCUT2D eigenvalue weighted by Gasteiger charge is -2.13. The fraction of sp³-hybridized carbons (Fsp3) is 0.348. The zero-order chi connectivity index (χ0) is 20.5. The Kier molecular flexibility index (Phi) is 5.86. The summed E-state index contributed by atoms with van der Waals surface area (Å²) in [7, 11) is 0. The highest BCUT2D eigenvalue weighted by atomic mass is 35.5. The normalized spacial score (nSPS) is 14.1. The van der Waals surface area contributed by atoms with Crippen molar-refractivity contribution in [1.82, 2.24) is 9.88 Å². The number of amides is 1. The number of carbonyl (C=O) groups is 1. The summed E-state index contributed by atoms with van der Waals surface area (Å²) in [6.45, 7) is 6.34. The summed E-state index contributed by atoms with van der Waals surface area (Å²) in [5.74, 6) is 0.365. The topological polar surface area (TPSA) is 46.1 Å². The third-order valence-electron chi connectivity index (χ3n) is 5.56. The van der Waals surface area contributed by atoms with Crippen LogP contribution in [0.2, 0.25) is 10.0 Å². The van der Waals surface area contributed by atoms with Crippen molar-refractivity contribution in [3.63, 3.8) is 0 Å². The van der Waals surface area contributed by atoms with E-state index in [1.165, 1.54) is 16.8 Å². The van der Waals surface area contributed by atoms with Gasteiger partial charge in [0.2, 0.25) is 5.91 Å². The maximum atomic E-state index is 12.9. The molecule has 1 aromatic heterocycles. The SMILES string of the molecule is CC(C)c1cccc(NC(=O)Cn2c3c(c4cc(Cl)c(Cl)cc42)CCNCC3)c1. The number of hydrogen-bond acceptors (Lipinski definition) is 2. The zero-order valence-electron chi connectivity index (χ0n) is 16.7. The first-order valence-electron chi connectivity index (χ1n) is 10.0. The number of anilines is 1. The molecule has 3 aromatic rings. The second-order valence-electron chi connectivity index (χ2n) is 7.87. The van der Waals surface area contributed by atoms with Crippen LogP contribution in [0.15, 0.2) is 36.4 Å². The maximum Gasteiger partial charge on any atom is 0.244 e. The van der Waals surface area contributed by atoms with E-state index >= 15 is 0 Å². The lowest BCUT2D eigenvalue weighted by Crippen LogP contribution is -2.21. The Morgan fingerprint density at radius 3 is 2.69 bits per heavy atom. The number of rotatable bonds is 4. The number of aromatic nitrogens is 1. The van der Waals surface area contributed by atoms with E-state index < -0.39 is 0 Å². The summed E-state index contributed by atoms with van der Waals surface area (Å²) in [5, 5.41) is 8.64. The molecule has 1 aliphatic heterocycles. The number of halogens is 2. The third kappa shape index (κ3) is 4.16. The lowest BCUT2D eigenvalue weighted by atomic mass is 10.0. The van der Waals surface area contributed by atoms with E-state index in [1.807, 2.05) is 30.3 Å². The van der Waals surface area contributed by atoms with Gasteiger partial charge in [-0.15, -0.1) is 0 Å². The minimum Gasteiger partial charge on any atom is -0.335 e. The molecule has 0 aliphatic carbocycles. The van der Waals surface area contributed by atoms with E-state index in [2.05, 4.69) is 35.1 Å². The molecule has 0 saturated carbocycles. The van der Waals surface area contributed by atoms with Crippen LogP contribution in [0.3, 0.4) is 0 Å². The second-order valence-corrected chi connectivity index (χ2v) is 8.69. The minimum absolute atomic E-state index is 0.0473. The lowest BCUT2D eigenvalue weighted by molar-refractivity contribution is -0.116. The Balaban J connectivity index is 1.68. The number of carbonyl (C=O) groups excluding carboxylic acids is 1. The number of nitrogens with one attached hydrogen (secondary N) is 2. The summed E-state index contributed by atoms with van der Waals surface area (Å²) in [5.41, 5.74) is 5.45. The van der Waals surface area contributed by atoms with Crippen molar-refractivity contribution in [2.45, 2.75) is 39.2 Å². The Bertz CT molecular complexity index is 1070. The van der Waals surface area contributed by atoms with Crippen molar-refractivity contribution >= 4 is 45.7 Å².